The quantitative estimate of drug-likeness (QED) is 0.345. The molecule has 2 aromatic carbocycles. The Bertz CT molecular complexity index is 1580. The van der Waals surface area contributed by atoms with Gasteiger partial charge in [0.05, 0.1) is 22.1 Å². The van der Waals surface area contributed by atoms with Crippen molar-refractivity contribution >= 4 is 61.5 Å². The minimum Gasteiger partial charge on any atom is -0.506 e. The minimum absolute atomic E-state index is 0.00988. The molecule has 1 atom stereocenters. The van der Waals surface area contributed by atoms with E-state index in [1.54, 1.807) is 21.9 Å². The van der Waals surface area contributed by atoms with Crippen molar-refractivity contribution in [3.63, 3.8) is 0 Å². The van der Waals surface area contributed by atoms with Gasteiger partial charge in [0, 0.05) is 83.1 Å². The number of piperazine rings is 1. The highest BCUT2D eigenvalue weighted by molar-refractivity contribution is 9.11. The molecule has 6 rings (SSSR count). The number of carbonyl (C=O) groups is 4. The Morgan fingerprint density at radius 2 is 1.52 bits per heavy atom. The highest BCUT2D eigenvalue weighted by Crippen LogP contribution is 2.34. The van der Waals surface area contributed by atoms with Gasteiger partial charge in [-0.05, 0) is 100 Å². The lowest BCUT2D eigenvalue weighted by atomic mass is 10.0. The fraction of sp³-hybridized carbons (Fsp3) is 0.568. The van der Waals surface area contributed by atoms with E-state index in [4.69, 9.17) is 9.47 Å². The Morgan fingerprint density at radius 3 is 2.19 bits per heavy atom. The number of esters is 1. The summed E-state index contributed by atoms with van der Waals surface area (Å²) in [5, 5.41) is 13.3. The lowest BCUT2D eigenvalue weighted by molar-refractivity contribution is -0.145. The number of piperidine rings is 2. The number of nitrogens with zero attached hydrogens (tertiary/aromatic N) is 5. The fourth-order valence-electron chi connectivity index (χ4n) is 7.75. The van der Waals surface area contributed by atoms with Crippen LogP contribution in [0.2, 0.25) is 0 Å². The van der Waals surface area contributed by atoms with Crippen LogP contribution in [-0.2, 0) is 31.9 Å². The summed E-state index contributed by atoms with van der Waals surface area (Å²) in [5.74, 6) is -0.373. The zero-order valence-corrected chi connectivity index (χ0v) is 32.8. The number of urea groups is 1. The summed E-state index contributed by atoms with van der Waals surface area (Å²) in [6, 6.07) is 11.5. The molecule has 0 saturated carbocycles. The minimum atomic E-state index is -1.05. The van der Waals surface area contributed by atoms with Crippen molar-refractivity contribution in [1.29, 1.82) is 0 Å². The number of nitrogens with one attached hydrogen (secondary N) is 1. The highest BCUT2D eigenvalue weighted by Gasteiger charge is 2.37. The summed E-state index contributed by atoms with van der Waals surface area (Å²) >= 11 is 6.76. The molecular formula is C37H48Br2N6O7. The van der Waals surface area contributed by atoms with E-state index in [1.165, 1.54) is 0 Å². The summed E-state index contributed by atoms with van der Waals surface area (Å²) < 4.78 is 12.1. The van der Waals surface area contributed by atoms with Crippen LogP contribution in [0, 0.1) is 0 Å². The standard InChI is InChI=1S/C37H48Br2N6O7/c1-2-51-33(46)24-41-17-19-42(20-18-41)27-8-12-43(13-9-27)35(48)32(23-25-21-29(38)34(47)30(39)22-25)52-37(50)44-14-10-28(11-15-44)45-16-7-26-5-3-4-6-31(26)40-36(45)49/h3-6,21-22,27-28,32,47H,2,7-20,23-24H2,1H3,(H,40,49). The SMILES string of the molecule is CCOC(=O)CN1CCN(C2CCN(C(=O)C(Cc3cc(Br)c(O)c(Br)c3)OC(=O)N3CCC(N4CCc5ccccc5NC4=O)CC3)CC2)CC1. The molecule has 4 aliphatic rings. The first-order chi connectivity index (χ1) is 25.1. The zero-order valence-electron chi connectivity index (χ0n) is 29.6. The van der Waals surface area contributed by atoms with E-state index in [0.717, 1.165) is 62.3 Å². The fourth-order valence-corrected chi connectivity index (χ4v) is 9.04. The van der Waals surface area contributed by atoms with Gasteiger partial charge in [0.2, 0.25) is 0 Å². The van der Waals surface area contributed by atoms with Crippen molar-refractivity contribution in [2.24, 2.45) is 0 Å². The smallest absolute Gasteiger partial charge is 0.410 e. The third kappa shape index (κ3) is 9.39. The molecule has 2 N–H and O–H groups in total. The van der Waals surface area contributed by atoms with Crippen LogP contribution in [0.5, 0.6) is 5.75 Å². The van der Waals surface area contributed by atoms with Crippen LogP contribution < -0.4 is 5.32 Å². The largest absolute Gasteiger partial charge is 0.506 e. The maximum Gasteiger partial charge on any atom is 0.410 e. The Labute approximate surface area is 321 Å². The zero-order chi connectivity index (χ0) is 36.8. The third-order valence-electron chi connectivity index (χ3n) is 10.7. The Kier molecular flexibility index (Phi) is 13.0. The molecule has 4 amide bonds. The molecule has 3 fully saturated rings. The number of halogens is 2. The number of hydrogen-bond acceptors (Lipinski definition) is 9. The van der Waals surface area contributed by atoms with Gasteiger partial charge in [0.25, 0.3) is 5.91 Å². The highest BCUT2D eigenvalue weighted by atomic mass is 79.9. The number of rotatable bonds is 9. The predicted molar refractivity (Wildman–Crippen MR) is 202 cm³/mol. The number of fused-ring (bicyclic) bond motifs is 1. The van der Waals surface area contributed by atoms with E-state index in [1.807, 2.05) is 36.1 Å². The number of anilines is 1. The van der Waals surface area contributed by atoms with Crippen molar-refractivity contribution < 1.29 is 33.8 Å². The number of phenolic OH excluding ortho intramolecular Hbond substituents is 1. The van der Waals surface area contributed by atoms with Crippen LogP contribution in [-0.4, -0.2) is 144 Å². The lowest BCUT2D eigenvalue weighted by Gasteiger charge is -2.43. The number of amides is 4. The van der Waals surface area contributed by atoms with E-state index >= 15 is 0 Å². The van der Waals surface area contributed by atoms with Gasteiger partial charge in [-0.15, -0.1) is 0 Å². The van der Waals surface area contributed by atoms with Crippen molar-refractivity contribution in [2.75, 3.05) is 77.4 Å². The van der Waals surface area contributed by atoms with Crippen LogP contribution in [0.15, 0.2) is 45.3 Å². The van der Waals surface area contributed by atoms with E-state index in [-0.39, 0.29) is 36.1 Å². The molecule has 0 spiro atoms. The van der Waals surface area contributed by atoms with Crippen LogP contribution in [0.25, 0.3) is 0 Å². The monoisotopic (exact) mass is 846 g/mol. The van der Waals surface area contributed by atoms with Gasteiger partial charge >= 0.3 is 18.1 Å². The molecule has 3 saturated heterocycles. The number of phenols is 1. The molecule has 1 unspecified atom stereocenters. The summed E-state index contributed by atoms with van der Waals surface area (Å²) in [7, 11) is 0. The number of para-hydroxylation sites is 1. The number of hydrogen-bond donors (Lipinski definition) is 2. The molecule has 15 heteroatoms. The number of likely N-dealkylation sites (tertiary alicyclic amines) is 2. The molecular weight excluding hydrogens is 800 g/mol. The number of aromatic hydroxyl groups is 1. The maximum atomic E-state index is 14.1. The molecule has 4 heterocycles. The normalized spacial score (nSPS) is 20.1. The van der Waals surface area contributed by atoms with Crippen molar-refractivity contribution in [2.45, 2.75) is 63.6 Å². The predicted octanol–water partition coefficient (Wildman–Crippen LogP) is 4.69. The van der Waals surface area contributed by atoms with Crippen LogP contribution in [0.4, 0.5) is 15.3 Å². The Morgan fingerprint density at radius 1 is 0.885 bits per heavy atom. The summed E-state index contributed by atoms with van der Waals surface area (Å²) in [5.41, 5.74) is 2.68. The number of benzene rings is 2. The van der Waals surface area contributed by atoms with E-state index in [2.05, 4.69) is 47.0 Å². The van der Waals surface area contributed by atoms with Gasteiger partial charge in [-0.3, -0.25) is 19.4 Å². The maximum absolute atomic E-state index is 14.1. The van der Waals surface area contributed by atoms with E-state index in [9.17, 15) is 24.3 Å². The average molecular weight is 849 g/mol. The van der Waals surface area contributed by atoms with Crippen molar-refractivity contribution in [3.8, 4) is 5.75 Å². The van der Waals surface area contributed by atoms with Gasteiger partial charge < -0.3 is 34.6 Å². The second-order valence-electron chi connectivity index (χ2n) is 13.9. The molecule has 13 nitrogen and oxygen atoms in total. The number of ether oxygens (including phenoxy) is 2. The molecule has 2 aromatic rings. The van der Waals surface area contributed by atoms with E-state index in [0.29, 0.717) is 73.7 Å². The second-order valence-corrected chi connectivity index (χ2v) is 15.6. The first-order valence-electron chi connectivity index (χ1n) is 18.3. The van der Waals surface area contributed by atoms with Crippen LogP contribution in [0.3, 0.4) is 0 Å². The van der Waals surface area contributed by atoms with E-state index < -0.39 is 12.2 Å². The molecule has 0 bridgehead atoms. The third-order valence-corrected chi connectivity index (χ3v) is 11.9. The molecule has 0 radical (unpaired) electrons. The summed E-state index contributed by atoms with van der Waals surface area (Å²) in [6.45, 7) is 8.35. The van der Waals surface area contributed by atoms with Gasteiger partial charge in [-0.2, -0.15) is 0 Å². The topological polar surface area (TPSA) is 135 Å². The molecule has 4 aliphatic heterocycles. The molecule has 0 aliphatic carbocycles. The number of carbonyl (C=O) groups excluding carboxylic acids is 4. The first-order valence-corrected chi connectivity index (χ1v) is 19.9. The molecule has 282 valence electrons. The Hall–Kier alpha value is -3.40. The first kappa shape index (κ1) is 38.3. The second kappa shape index (κ2) is 17.6. The van der Waals surface area contributed by atoms with Crippen molar-refractivity contribution in [1.82, 2.24) is 24.5 Å². The average Bonchev–Trinajstić information content (AvgIpc) is 3.31. The van der Waals surface area contributed by atoms with Gasteiger partial charge in [0.15, 0.2) is 6.10 Å². The van der Waals surface area contributed by atoms with Crippen LogP contribution >= 0.6 is 31.9 Å². The van der Waals surface area contributed by atoms with Gasteiger partial charge in [-0.1, -0.05) is 18.2 Å². The lowest BCUT2D eigenvalue weighted by Crippen LogP contribution is -2.55. The summed E-state index contributed by atoms with van der Waals surface area (Å²) in [4.78, 5) is 62.7. The Balaban J connectivity index is 1.05. The summed E-state index contributed by atoms with van der Waals surface area (Å²) in [6.07, 6.45) is 2.15. The van der Waals surface area contributed by atoms with Gasteiger partial charge in [-0.25, -0.2) is 9.59 Å². The van der Waals surface area contributed by atoms with Crippen molar-refractivity contribution in [3.05, 3.63) is 56.5 Å². The van der Waals surface area contributed by atoms with Crippen LogP contribution in [0.1, 0.15) is 43.7 Å². The molecule has 52 heavy (non-hydrogen) atoms. The molecule has 0 aromatic heterocycles. The van der Waals surface area contributed by atoms with Gasteiger partial charge in [0.1, 0.15) is 5.75 Å².